The molecule has 1 aromatic carbocycles. The highest BCUT2D eigenvalue weighted by Crippen LogP contribution is 2.37. The van der Waals surface area contributed by atoms with Crippen LogP contribution in [0.3, 0.4) is 0 Å². The first-order chi connectivity index (χ1) is 17.5. The molecule has 2 aromatic heterocycles. The number of methoxy groups -OCH3 is 1. The van der Waals surface area contributed by atoms with Crippen LogP contribution < -0.4 is 15.4 Å². The number of likely N-dealkylation sites (tertiary alicyclic amines) is 1. The highest BCUT2D eigenvalue weighted by atomic mass is 16.5. The molecule has 0 radical (unpaired) electrons. The summed E-state index contributed by atoms with van der Waals surface area (Å²) in [5.74, 6) is 1.30. The van der Waals surface area contributed by atoms with Crippen LogP contribution in [0, 0.1) is 0 Å². The Balaban J connectivity index is 1.54. The Morgan fingerprint density at radius 1 is 1.14 bits per heavy atom. The number of rotatable bonds is 11. The largest absolute Gasteiger partial charge is 0.494 e. The molecule has 0 atom stereocenters. The fourth-order valence-electron chi connectivity index (χ4n) is 4.35. The fraction of sp³-hybridized carbons (Fsp3) is 0.423. The predicted octanol–water partition coefficient (Wildman–Crippen LogP) is 4.04. The first-order valence-corrected chi connectivity index (χ1v) is 12.3. The maximum atomic E-state index is 12.6. The first kappa shape index (κ1) is 25.3. The Bertz CT molecular complexity index is 1220. The third-order valence-corrected chi connectivity index (χ3v) is 6.20. The smallest absolute Gasteiger partial charge is 0.225 e. The lowest BCUT2D eigenvalue weighted by Crippen LogP contribution is -2.22. The van der Waals surface area contributed by atoms with E-state index in [2.05, 4.69) is 30.6 Å². The Kier molecular flexibility index (Phi) is 8.27. The Labute approximate surface area is 211 Å². The maximum absolute atomic E-state index is 12.6. The molecule has 0 saturated carbocycles. The van der Waals surface area contributed by atoms with Gasteiger partial charge in [0.05, 0.1) is 29.6 Å². The number of ketones is 1. The molecule has 1 saturated heterocycles. The number of carbonyl (C=O) groups is 2. The normalized spacial score (nSPS) is 13.5. The van der Waals surface area contributed by atoms with E-state index in [0.29, 0.717) is 52.7 Å². The number of para-hydroxylation sites is 1. The Hall–Kier alpha value is -3.79. The monoisotopic (exact) mass is 491 g/mol. The highest BCUT2D eigenvalue weighted by molar-refractivity contribution is 6.02. The zero-order valence-corrected chi connectivity index (χ0v) is 21.1. The standard InChI is InChI=1S/C26H33N7O3/c1-4-22(34)19-16-27-23(30-24(35)11-8-14-33-12-5-6-13-33)15-21(19)29-20-10-7-9-18(25(20)36-3)26-28-17-32(2)31-26/h7,9-10,15-17H,4-6,8,11-14H2,1-3H3,(H2,27,29,30,35). The molecule has 10 nitrogen and oxygen atoms in total. The number of Topliss-reactive ketones (excluding diaryl/α,β-unsaturated/α-hetero) is 1. The van der Waals surface area contributed by atoms with Crippen LogP contribution in [0.15, 0.2) is 36.8 Å². The summed E-state index contributed by atoms with van der Waals surface area (Å²) in [6.45, 7) is 4.97. The van der Waals surface area contributed by atoms with E-state index in [-0.39, 0.29) is 11.7 Å². The predicted molar refractivity (Wildman–Crippen MR) is 139 cm³/mol. The van der Waals surface area contributed by atoms with Gasteiger partial charge in [0.25, 0.3) is 0 Å². The maximum Gasteiger partial charge on any atom is 0.225 e. The number of ether oxygens (including phenoxy) is 1. The van der Waals surface area contributed by atoms with Crippen molar-refractivity contribution in [3.8, 4) is 17.1 Å². The van der Waals surface area contributed by atoms with Crippen LogP contribution in [-0.4, -0.2) is 63.1 Å². The molecule has 4 rings (SSSR count). The van der Waals surface area contributed by atoms with E-state index >= 15 is 0 Å². The summed E-state index contributed by atoms with van der Waals surface area (Å²) in [4.78, 5) is 36.2. The molecule has 0 unspecified atom stereocenters. The van der Waals surface area contributed by atoms with Crippen molar-refractivity contribution in [1.82, 2.24) is 24.6 Å². The van der Waals surface area contributed by atoms with Gasteiger partial charge in [-0.05, 0) is 51.0 Å². The van der Waals surface area contributed by atoms with Gasteiger partial charge in [-0.1, -0.05) is 13.0 Å². The number of amides is 1. The molecule has 0 bridgehead atoms. The van der Waals surface area contributed by atoms with E-state index < -0.39 is 0 Å². The number of aromatic nitrogens is 4. The van der Waals surface area contributed by atoms with Gasteiger partial charge in [0, 0.05) is 32.2 Å². The summed E-state index contributed by atoms with van der Waals surface area (Å²) in [7, 11) is 3.37. The Morgan fingerprint density at radius 3 is 2.64 bits per heavy atom. The molecule has 1 fully saturated rings. The minimum absolute atomic E-state index is 0.0602. The number of benzene rings is 1. The molecule has 2 N–H and O–H groups in total. The third kappa shape index (κ3) is 6.06. The molecule has 1 amide bonds. The number of nitrogens with zero attached hydrogens (tertiary/aromatic N) is 5. The SMILES string of the molecule is CCC(=O)c1cnc(NC(=O)CCCN2CCCC2)cc1Nc1cccc(-c2ncn(C)n2)c1OC. The van der Waals surface area contributed by atoms with Crippen LogP contribution in [0.4, 0.5) is 17.2 Å². The van der Waals surface area contributed by atoms with Crippen molar-refractivity contribution in [1.29, 1.82) is 0 Å². The van der Waals surface area contributed by atoms with Gasteiger partial charge in [-0.3, -0.25) is 14.3 Å². The van der Waals surface area contributed by atoms with E-state index in [9.17, 15) is 9.59 Å². The summed E-state index contributed by atoms with van der Waals surface area (Å²) in [5.41, 5.74) is 2.33. The topological polar surface area (TPSA) is 114 Å². The molecule has 0 spiro atoms. The van der Waals surface area contributed by atoms with E-state index in [1.54, 1.807) is 38.2 Å². The van der Waals surface area contributed by atoms with Gasteiger partial charge in [-0.25, -0.2) is 9.97 Å². The minimum Gasteiger partial charge on any atom is -0.494 e. The summed E-state index contributed by atoms with van der Waals surface area (Å²) >= 11 is 0. The average molecular weight is 492 g/mol. The lowest BCUT2D eigenvalue weighted by molar-refractivity contribution is -0.116. The zero-order valence-electron chi connectivity index (χ0n) is 21.1. The van der Waals surface area contributed by atoms with Crippen molar-refractivity contribution < 1.29 is 14.3 Å². The van der Waals surface area contributed by atoms with E-state index in [1.807, 2.05) is 18.2 Å². The molecule has 1 aliphatic rings. The van der Waals surface area contributed by atoms with Gasteiger partial charge in [-0.15, -0.1) is 0 Å². The third-order valence-electron chi connectivity index (χ3n) is 6.20. The number of hydrogen-bond donors (Lipinski definition) is 2. The van der Waals surface area contributed by atoms with E-state index in [4.69, 9.17) is 4.74 Å². The molecule has 190 valence electrons. The van der Waals surface area contributed by atoms with Gasteiger partial charge in [0.2, 0.25) is 5.91 Å². The molecule has 1 aliphatic heterocycles. The lowest BCUT2D eigenvalue weighted by atomic mass is 10.1. The van der Waals surface area contributed by atoms with Crippen LogP contribution in [0.25, 0.3) is 11.4 Å². The van der Waals surface area contributed by atoms with Gasteiger partial charge in [0.1, 0.15) is 12.1 Å². The molecule has 3 aromatic rings. The number of aryl methyl sites for hydroxylation is 1. The molecule has 0 aliphatic carbocycles. The zero-order chi connectivity index (χ0) is 25.5. The summed E-state index contributed by atoms with van der Waals surface area (Å²) in [6.07, 6.45) is 7.15. The van der Waals surface area contributed by atoms with Crippen molar-refractivity contribution in [2.45, 2.75) is 39.0 Å². The lowest BCUT2D eigenvalue weighted by Gasteiger charge is -2.17. The number of carbonyl (C=O) groups excluding carboxylic acids is 2. The molecular weight excluding hydrogens is 458 g/mol. The van der Waals surface area contributed by atoms with Crippen molar-refractivity contribution in [3.05, 3.63) is 42.4 Å². The van der Waals surface area contributed by atoms with Crippen LogP contribution in [0.1, 0.15) is 49.4 Å². The summed E-state index contributed by atoms with van der Waals surface area (Å²) < 4.78 is 7.32. The molecule has 36 heavy (non-hydrogen) atoms. The van der Waals surface area contributed by atoms with Crippen molar-refractivity contribution in [3.63, 3.8) is 0 Å². The van der Waals surface area contributed by atoms with Gasteiger partial charge < -0.3 is 20.3 Å². The number of hydrogen-bond acceptors (Lipinski definition) is 8. The van der Waals surface area contributed by atoms with Gasteiger partial charge >= 0.3 is 0 Å². The number of pyridine rings is 1. The van der Waals surface area contributed by atoms with Crippen molar-refractivity contribution >= 4 is 28.9 Å². The van der Waals surface area contributed by atoms with E-state index in [0.717, 1.165) is 26.1 Å². The quantitative estimate of drug-likeness (QED) is 0.386. The minimum atomic E-state index is -0.0944. The number of nitrogens with one attached hydrogen (secondary N) is 2. The van der Waals surface area contributed by atoms with Crippen molar-refractivity contribution in [2.24, 2.45) is 7.05 Å². The second-order valence-corrected chi connectivity index (χ2v) is 8.85. The van der Waals surface area contributed by atoms with Gasteiger partial charge in [-0.2, -0.15) is 5.10 Å². The second kappa shape index (κ2) is 11.8. The first-order valence-electron chi connectivity index (χ1n) is 12.3. The van der Waals surface area contributed by atoms with Crippen LogP contribution in [0.2, 0.25) is 0 Å². The molecule has 3 heterocycles. The Morgan fingerprint density at radius 2 is 1.94 bits per heavy atom. The van der Waals surface area contributed by atoms with E-state index in [1.165, 1.54) is 19.0 Å². The molecule has 10 heteroatoms. The van der Waals surface area contributed by atoms with Crippen LogP contribution >= 0.6 is 0 Å². The summed E-state index contributed by atoms with van der Waals surface area (Å²) in [5, 5.41) is 10.6. The second-order valence-electron chi connectivity index (χ2n) is 8.85. The van der Waals surface area contributed by atoms with Crippen LogP contribution in [0.5, 0.6) is 5.75 Å². The highest BCUT2D eigenvalue weighted by Gasteiger charge is 2.18. The van der Waals surface area contributed by atoms with Crippen molar-refractivity contribution in [2.75, 3.05) is 37.4 Å². The van der Waals surface area contributed by atoms with Gasteiger partial charge in [0.15, 0.2) is 17.4 Å². The summed E-state index contributed by atoms with van der Waals surface area (Å²) in [6, 6.07) is 7.27. The number of anilines is 3. The molecular formula is C26H33N7O3. The average Bonchev–Trinajstić information content (AvgIpc) is 3.55. The van der Waals surface area contributed by atoms with Crippen LogP contribution in [-0.2, 0) is 11.8 Å². The fourth-order valence-corrected chi connectivity index (χ4v) is 4.35.